The van der Waals surface area contributed by atoms with E-state index in [9.17, 15) is 4.79 Å². The summed E-state index contributed by atoms with van der Waals surface area (Å²) in [6.45, 7) is 5.62. The summed E-state index contributed by atoms with van der Waals surface area (Å²) in [4.78, 5) is 22.7. The van der Waals surface area contributed by atoms with Crippen LogP contribution in [0.4, 0.5) is 5.82 Å². The van der Waals surface area contributed by atoms with Crippen molar-refractivity contribution in [2.45, 2.75) is 58.3 Å². The lowest BCUT2D eigenvalue weighted by Gasteiger charge is -2.19. The molecule has 3 aromatic rings. The lowest BCUT2D eigenvalue weighted by atomic mass is 9.98. The molecule has 6 heteroatoms. The number of carboxylic acids is 1. The second-order valence-electron chi connectivity index (χ2n) is 9.46. The minimum Gasteiger partial charge on any atom is -0.494 e. The predicted molar refractivity (Wildman–Crippen MR) is 139 cm³/mol. The molecule has 0 saturated carbocycles. The van der Waals surface area contributed by atoms with Gasteiger partial charge in [0.1, 0.15) is 11.6 Å². The fourth-order valence-corrected chi connectivity index (χ4v) is 4.79. The zero-order valence-electron chi connectivity index (χ0n) is 21.0. The molecule has 1 aliphatic rings. The lowest BCUT2D eigenvalue weighted by Crippen LogP contribution is -2.22. The average molecular weight is 474 g/mol. The van der Waals surface area contributed by atoms with E-state index in [1.807, 2.05) is 32.2 Å². The number of fused-ring (bicyclic) bond motifs is 1. The molecule has 1 aromatic heterocycles. The number of anilines is 1. The predicted octanol–water partition coefficient (Wildman–Crippen LogP) is 5.81. The van der Waals surface area contributed by atoms with Crippen molar-refractivity contribution in [3.8, 4) is 17.1 Å². The average Bonchev–Trinajstić information content (AvgIpc) is 3.23. The van der Waals surface area contributed by atoms with Crippen molar-refractivity contribution in [3.63, 3.8) is 0 Å². The summed E-state index contributed by atoms with van der Waals surface area (Å²) in [5.41, 5.74) is 5.70. The molecule has 1 aliphatic carbocycles. The van der Waals surface area contributed by atoms with Crippen LogP contribution in [0.2, 0.25) is 0 Å². The molecular formula is C29H35N3O3. The summed E-state index contributed by atoms with van der Waals surface area (Å²) < 4.78 is 6.01. The van der Waals surface area contributed by atoms with Crippen LogP contribution >= 0.6 is 0 Å². The number of carbonyl (C=O) groups is 1. The van der Waals surface area contributed by atoms with Gasteiger partial charge in [0.2, 0.25) is 0 Å². The fraction of sp³-hybridized carbons (Fsp3) is 0.414. The number of aliphatic carboxylic acids is 1. The lowest BCUT2D eigenvalue weighted by molar-refractivity contribution is -0.137. The molecule has 0 bridgehead atoms. The Kier molecular flexibility index (Phi) is 8.01. The van der Waals surface area contributed by atoms with Crippen LogP contribution in [0.5, 0.6) is 5.75 Å². The number of ether oxygens (including phenoxy) is 1. The van der Waals surface area contributed by atoms with E-state index in [1.54, 1.807) is 0 Å². The molecule has 0 aliphatic heterocycles. The maximum atomic E-state index is 11.1. The van der Waals surface area contributed by atoms with Gasteiger partial charge < -0.3 is 14.7 Å². The number of hydrogen-bond donors (Lipinski definition) is 1. The third-order valence-corrected chi connectivity index (χ3v) is 6.63. The second-order valence-corrected chi connectivity index (χ2v) is 9.46. The molecular weight excluding hydrogens is 438 g/mol. The van der Waals surface area contributed by atoms with E-state index in [-0.39, 0.29) is 12.3 Å². The van der Waals surface area contributed by atoms with Gasteiger partial charge in [-0.3, -0.25) is 4.79 Å². The number of aromatic nitrogens is 2. The van der Waals surface area contributed by atoms with E-state index >= 15 is 0 Å². The van der Waals surface area contributed by atoms with Crippen molar-refractivity contribution in [3.05, 3.63) is 70.9 Å². The van der Waals surface area contributed by atoms with Crippen LogP contribution in [0.1, 0.15) is 60.9 Å². The maximum absolute atomic E-state index is 11.1. The van der Waals surface area contributed by atoms with Gasteiger partial charge in [0.05, 0.1) is 13.0 Å². The van der Waals surface area contributed by atoms with Crippen LogP contribution in [-0.2, 0) is 17.6 Å². The Morgan fingerprint density at radius 1 is 1.14 bits per heavy atom. The highest BCUT2D eigenvalue weighted by atomic mass is 16.5. The van der Waals surface area contributed by atoms with Crippen LogP contribution in [-0.4, -0.2) is 41.2 Å². The van der Waals surface area contributed by atoms with Crippen LogP contribution in [0.15, 0.2) is 48.5 Å². The van der Waals surface area contributed by atoms with Gasteiger partial charge >= 0.3 is 5.97 Å². The molecule has 1 heterocycles. The first-order valence-electron chi connectivity index (χ1n) is 12.6. The standard InChI is InChI=1S/C29H35N3O3/c1-4-6-21-7-9-22(10-8-21)29-30-20(2)17-27(31-29)32(3)15-5-16-35-25-13-14-26-23(18-25)11-12-24(26)19-28(33)34/h7-10,13-14,17-18,24H,4-6,11-12,15-16,19H2,1-3H3,(H,33,34)/t24-/m0/s1. The molecule has 0 amide bonds. The highest BCUT2D eigenvalue weighted by molar-refractivity contribution is 5.68. The first-order chi connectivity index (χ1) is 16.9. The molecule has 35 heavy (non-hydrogen) atoms. The Hall–Kier alpha value is -3.41. The Bertz CT molecular complexity index is 1160. The van der Waals surface area contributed by atoms with E-state index in [1.165, 1.54) is 11.1 Å². The molecule has 0 spiro atoms. The van der Waals surface area contributed by atoms with Gasteiger partial charge in [0.25, 0.3) is 0 Å². The molecule has 184 valence electrons. The van der Waals surface area contributed by atoms with Gasteiger partial charge in [-0.15, -0.1) is 0 Å². The summed E-state index contributed by atoms with van der Waals surface area (Å²) in [7, 11) is 2.05. The number of aryl methyl sites for hydroxylation is 3. The van der Waals surface area contributed by atoms with Crippen molar-refractivity contribution >= 4 is 11.8 Å². The van der Waals surface area contributed by atoms with Crippen LogP contribution in [0.25, 0.3) is 11.4 Å². The summed E-state index contributed by atoms with van der Waals surface area (Å²) in [6, 6.07) is 16.6. The Labute approximate surface area is 208 Å². The summed E-state index contributed by atoms with van der Waals surface area (Å²) >= 11 is 0. The van der Waals surface area contributed by atoms with Crippen LogP contribution in [0, 0.1) is 6.92 Å². The van der Waals surface area contributed by atoms with Gasteiger partial charge in [0.15, 0.2) is 5.82 Å². The maximum Gasteiger partial charge on any atom is 0.303 e. The van der Waals surface area contributed by atoms with Gasteiger partial charge in [-0.05, 0) is 67.3 Å². The van der Waals surface area contributed by atoms with E-state index in [2.05, 4.69) is 47.1 Å². The molecule has 0 unspecified atom stereocenters. The molecule has 0 saturated heterocycles. The Balaban J connectivity index is 1.31. The highest BCUT2D eigenvalue weighted by Crippen LogP contribution is 2.37. The van der Waals surface area contributed by atoms with Crippen molar-refractivity contribution < 1.29 is 14.6 Å². The van der Waals surface area contributed by atoms with Gasteiger partial charge in [-0.25, -0.2) is 9.97 Å². The number of nitrogens with zero attached hydrogens (tertiary/aromatic N) is 3. The van der Waals surface area contributed by atoms with Gasteiger partial charge in [0, 0.05) is 30.9 Å². The van der Waals surface area contributed by atoms with Crippen LogP contribution in [0.3, 0.4) is 0 Å². The highest BCUT2D eigenvalue weighted by Gasteiger charge is 2.24. The van der Waals surface area contributed by atoms with Crippen LogP contribution < -0.4 is 9.64 Å². The smallest absolute Gasteiger partial charge is 0.303 e. The number of hydrogen-bond acceptors (Lipinski definition) is 5. The molecule has 2 aromatic carbocycles. The monoisotopic (exact) mass is 473 g/mol. The number of benzene rings is 2. The SMILES string of the molecule is CCCc1ccc(-c2nc(C)cc(N(C)CCCOc3ccc4c(c3)CC[C@H]4CC(=O)O)n2)cc1. The number of carboxylic acid groups (broad SMARTS) is 1. The van der Waals surface area contributed by atoms with Crippen molar-refractivity contribution in [1.29, 1.82) is 0 Å². The summed E-state index contributed by atoms with van der Waals surface area (Å²) in [5.74, 6) is 1.91. The molecule has 1 N–H and O–H groups in total. The molecule has 1 atom stereocenters. The van der Waals surface area contributed by atoms with Crippen molar-refractivity contribution in [2.75, 3.05) is 25.1 Å². The third-order valence-electron chi connectivity index (χ3n) is 6.63. The molecule has 0 fully saturated rings. The fourth-order valence-electron chi connectivity index (χ4n) is 4.79. The van der Waals surface area contributed by atoms with Gasteiger partial charge in [-0.1, -0.05) is 43.7 Å². The van der Waals surface area contributed by atoms with E-state index in [0.29, 0.717) is 6.61 Å². The zero-order chi connectivity index (χ0) is 24.8. The molecule has 6 nitrogen and oxygen atoms in total. The first-order valence-corrected chi connectivity index (χ1v) is 12.6. The van der Waals surface area contributed by atoms with E-state index in [4.69, 9.17) is 14.8 Å². The normalized spacial score (nSPS) is 14.5. The molecule has 0 radical (unpaired) electrons. The minimum atomic E-state index is -0.733. The third kappa shape index (κ3) is 6.38. The Morgan fingerprint density at radius 2 is 1.94 bits per heavy atom. The summed E-state index contributed by atoms with van der Waals surface area (Å²) in [5, 5.41) is 9.10. The minimum absolute atomic E-state index is 0.126. The Morgan fingerprint density at radius 3 is 2.69 bits per heavy atom. The van der Waals surface area contributed by atoms with Gasteiger partial charge in [-0.2, -0.15) is 0 Å². The number of rotatable bonds is 11. The quantitative estimate of drug-likeness (QED) is 0.354. The topological polar surface area (TPSA) is 75.6 Å². The summed E-state index contributed by atoms with van der Waals surface area (Å²) in [6.07, 6.45) is 5.11. The molecule has 4 rings (SSSR count). The first kappa shape index (κ1) is 24.7. The second kappa shape index (κ2) is 11.3. The largest absolute Gasteiger partial charge is 0.494 e. The zero-order valence-corrected chi connectivity index (χ0v) is 21.0. The van der Waals surface area contributed by atoms with E-state index in [0.717, 1.165) is 72.9 Å². The van der Waals surface area contributed by atoms with Crippen molar-refractivity contribution in [1.82, 2.24) is 9.97 Å². The van der Waals surface area contributed by atoms with Crippen molar-refractivity contribution in [2.24, 2.45) is 0 Å². The van der Waals surface area contributed by atoms with E-state index < -0.39 is 5.97 Å².